The van der Waals surface area contributed by atoms with Gasteiger partial charge in [0, 0.05) is 35.2 Å². The summed E-state index contributed by atoms with van der Waals surface area (Å²) in [7, 11) is 0. The number of nitrogens with two attached hydrogens (primary N) is 1. The van der Waals surface area contributed by atoms with Crippen molar-refractivity contribution in [1.82, 2.24) is 9.88 Å². The second-order valence-corrected chi connectivity index (χ2v) is 8.91. The van der Waals surface area contributed by atoms with E-state index in [1.807, 2.05) is 47.4 Å². The van der Waals surface area contributed by atoms with E-state index in [4.69, 9.17) is 23.2 Å². The number of halogens is 2. The Labute approximate surface area is 199 Å². The van der Waals surface area contributed by atoms with Crippen molar-refractivity contribution in [3.63, 3.8) is 0 Å². The Hall–Kier alpha value is -1.66. The zero-order valence-electron chi connectivity index (χ0n) is 17.7. The number of fused-ring (bicyclic) bond motifs is 1. The van der Waals surface area contributed by atoms with E-state index in [0.29, 0.717) is 17.4 Å². The van der Waals surface area contributed by atoms with Crippen LogP contribution >= 0.6 is 36.0 Å². The largest absolute Gasteiger partial charge is 0.360 e. The molecule has 1 fully saturated rings. The van der Waals surface area contributed by atoms with Crippen LogP contribution in [0.3, 0.4) is 0 Å². The maximum absolute atomic E-state index is 13.6. The Morgan fingerprint density at radius 2 is 1.84 bits per heavy atom. The number of piperidine rings is 1. The summed E-state index contributed by atoms with van der Waals surface area (Å²) in [5.41, 5.74) is 3.05. The van der Waals surface area contributed by atoms with Gasteiger partial charge >= 0.3 is 0 Å². The Bertz CT molecular complexity index is 1010. The zero-order chi connectivity index (χ0) is 22.4. The quantitative estimate of drug-likeness (QED) is 0.380. The summed E-state index contributed by atoms with van der Waals surface area (Å²) in [4.78, 5) is 18.9. The normalized spacial score (nSPS) is 15.5. The topological polar surface area (TPSA) is 62.1 Å². The van der Waals surface area contributed by atoms with Crippen LogP contribution in [0.5, 0.6) is 0 Å². The van der Waals surface area contributed by atoms with Gasteiger partial charge in [-0.3, -0.25) is 9.93 Å². The van der Waals surface area contributed by atoms with Gasteiger partial charge in [-0.2, -0.15) is 0 Å². The molecule has 2 aromatic carbocycles. The molecular weight excluding hydrogens is 449 g/mol. The SMILES string of the molecule is CC1CCN(C(=O)C(CCc2ccccc2Cl)c2cccc3[nH]cc(Cl)c23)CC1.NS. The van der Waals surface area contributed by atoms with Crippen molar-refractivity contribution in [1.29, 1.82) is 0 Å². The van der Waals surface area contributed by atoms with E-state index in [1.54, 1.807) is 6.20 Å². The fourth-order valence-corrected chi connectivity index (χ4v) is 4.82. The predicted molar refractivity (Wildman–Crippen MR) is 134 cm³/mol. The smallest absolute Gasteiger partial charge is 0.230 e. The van der Waals surface area contributed by atoms with Gasteiger partial charge in [-0.15, -0.1) is 12.8 Å². The fourth-order valence-electron chi connectivity index (χ4n) is 4.32. The van der Waals surface area contributed by atoms with Gasteiger partial charge in [0.15, 0.2) is 0 Å². The molecule has 1 unspecified atom stereocenters. The minimum Gasteiger partial charge on any atom is -0.360 e. The molecule has 0 aliphatic carbocycles. The second-order valence-electron chi connectivity index (χ2n) is 8.10. The van der Waals surface area contributed by atoms with Crippen molar-refractivity contribution in [2.75, 3.05) is 13.1 Å². The molecule has 7 heteroatoms. The molecule has 0 radical (unpaired) electrons. The van der Waals surface area contributed by atoms with Gasteiger partial charge in [-0.1, -0.05) is 60.5 Å². The van der Waals surface area contributed by atoms with Crippen molar-refractivity contribution >= 4 is 52.8 Å². The van der Waals surface area contributed by atoms with Crippen molar-refractivity contribution in [3.8, 4) is 0 Å². The van der Waals surface area contributed by atoms with E-state index in [9.17, 15) is 4.79 Å². The number of hydrogen-bond donors (Lipinski definition) is 3. The molecule has 1 aliphatic heterocycles. The van der Waals surface area contributed by atoms with Crippen molar-refractivity contribution in [2.45, 2.75) is 38.5 Å². The standard InChI is InChI=1S/C24H26Cl2N2O.H3NS/c1-16-11-13-28(14-12-16)24(29)19(10-9-17-5-2-3-7-20(17)25)18-6-4-8-22-23(18)21(26)15-27-22;1-2/h2-8,15-16,19,27H,9-14H2,1H3;2H,1H2. The molecule has 1 saturated heterocycles. The summed E-state index contributed by atoms with van der Waals surface area (Å²) in [6.07, 6.45) is 5.39. The molecule has 0 spiro atoms. The van der Waals surface area contributed by atoms with Crippen molar-refractivity contribution in [2.24, 2.45) is 11.1 Å². The van der Waals surface area contributed by atoms with Gasteiger partial charge in [0.2, 0.25) is 5.91 Å². The van der Waals surface area contributed by atoms with Gasteiger partial charge in [0.1, 0.15) is 0 Å². The summed E-state index contributed by atoms with van der Waals surface area (Å²) in [6, 6.07) is 13.9. The van der Waals surface area contributed by atoms with Crippen LogP contribution in [0.15, 0.2) is 48.7 Å². The number of rotatable bonds is 5. The summed E-state index contributed by atoms with van der Waals surface area (Å²) in [5, 5.41) is 6.57. The lowest BCUT2D eigenvalue weighted by molar-refractivity contribution is -0.134. The number of carbonyl (C=O) groups is 1. The molecule has 0 saturated carbocycles. The number of thiol groups is 1. The minimum absolute atomic E-state index is 0.203. The highest BCUT2D eigenvalue weighted by molar-refractivity contribution is 7.77. The molecule has 3 aromatic rings. The lowest BCUT2D eigenvalue weighted by Crippen LogP contribution is -2.40. The summed E-state index contributed by atoms with van der Waals surface area (Å²) < 4.78 is 0. The molecule has 1 aliphatic rings. The molecule has 31 heavy (non-hydrogen) atoms. The van der Waals surface area contributed by atoms with E-state index < -0.39 is 0 Å². The number of nitrogens with one attached hydrogen (secondary N) is 1. The molecule has 4 rings (SSSR count). The van der Waals surface area contributed by atoms with Crippen LogP contribution in [0.2, 0.25) is 10.0 Å². The first-order valence-electron chi connectivity index (χ1n) is 10.6. The second kappa shape index (κ2) is 11.3. The van der Waals surface area contributed by atoms with Gasteiger partial charge in [0.05, 0.1) is 10.9 Å². The maximum atomic E-state index is 13.6. The van der Waals surface area contributed by atoms with E-state index in [0.717, 1.165) is 59.4 Å². The third-order valence-corrected chi connectivity index (χ3v) is 6.79. The average Bonchev–Trinajstić information content (AvgIpc) is 3.18. The number of aryl methyl sites for hydroxylation is 1. The minimum atomic E-state index is -0.239. The van der Waals surface area contributed by atoms with Crippen molar-refractivity contribution in [3.05, 3.63) is 69.8 Å². The van der Waals surface area contributed by atoms with Crippen LogP contribution in [0, 0.1) is 5.92 Å². The van der Waals surface area contributed by atoms with Gasteiger partial charge < -0.3 is 9.88 Å². The number of amides is 1. The number of benzene rings is 2. The molecular formula is C24H29Cl2N3OS. The lowest BCUT2D eigenvalue weighted by atomic mass is 9.88. The maximum Gasteiger partial charge on any atom is 0.230 e. The highest BCUT2D eigenvalue weighted by Crippen LogP contribution is 2.35. The Morgan fingerprint density at radius 3 is 2.55 bits per heavy atom. The summed E-state index contributed by atoms with van der Waals surface area (Å²) in [5.74, 6) is 0.647. The Morgan fingerprint density at radius 1 is 1.13 bits per heavy atom. The van der Waals surface area contributed by atoms with E-state index in [1.165, 1.54) is 0 Å². The molecule has 1 atom stereocenters. The third kappa shape index (κ3) is 5.58. The zero-order valence-corrected chi connectivity index (χ0v) is 20.1. The number of nitrogens with zero attached hydrogens (tertiary/aromatic N) is 1. The summed E-state index contributed by atoms with van der Waals surface area (Å²) >= 11 is 15.9. The van der Waals surface area contributed by atoms with Crippen LogP contribution in [0.1, 0.15) is 43.2 Å². The monoisotopic (exact) mass is 477 g/mol. The highest BCUT2D eigenvalue weighted by Gasteiger charge is 2.30. The number of aromatic nitrogens is 1. The number of hydrogen-bond acceptors (Lipinski definition) is 3. The van der Waals surface area contributed by atoms with Crippen LogP contribution < -0.4 is 5.14 Å². The molecule has 0 bridgehead atoms. The molecule has 1 amide bonds. The molecule has 4 nitrogen and oxygen atoms in total. The lowest BCUT2D eigenvalue weighted by Gasteiger charge is -2.33. The van der Waals surface area contributed by atoms with E-state index >= 15 is 0 Å². The van der Waals surface area contributed by atoms with E-state index in [2.05, 4.69) is 29.9 Å². The van der Waals surface area contributed by atoms with Crippen LogP contribution in [0.4, 0.5) is 0 Å². The van der Waals surface area contributed by atoms with Crippen molar-refractivity contribution < 1.29 is 4.79 Å². The number of likely N-dealkylation sites (tertiary alicyclic amines) is 1. The molecule has 2 heterocycles. The highest BCUT2D eigenvalue weighted by atomic mass is 35.5. The first-order chi connectivity index (χ1) is 15.0. The van der Waals surface area contributed by atoms with E-state index in [-0.39, 0.29) is 11.8 Å². The third-order valence-electron chi connectivity index (χ3n) is 6.12. The number of aromatic amines is 1. The predicted octanol–water partition coefficient (Wildman–Crippen LogP) is 6.24. The molecule has 3 N–H and O–H groups in total. The first-order valence-corrected chi connectivity index (χ1v) is 11.9. The number of H-pyrrole nitrogens is 1. The van der Waals surface area contributed by atoms with Crippen LogP contribution in [-0.4, -0.2) is 28.9 Å². The van der Waals surface area contributed by atoms with Gasteiger partial charge in [0.25, 0.3) is 0 Å². The number of carbonyl (C=O) groups excluding carboxylic acids is 1. The fraction of sp³-hybridized carbons (Fsp3) is 0.375. The van der Waals surface area contributed by atoms with Crippen LogP contribution in [0.25, 0.3) is 10.9 Å². The van der Waals surface area contributed by atoms with Gasteiger partial charge in [-0.25, -0.2) is 0 Å². The molecule has 1 aromatic heterocycles. The molecule has 166 valence electrons. The average molecular weight is 478 g/mol. The van der Waals surface area contributed by atoms with Crippen LogP contribution in [-0.2, 0) is 11.2 Å². The summed E-state index contributed by atoms with van der Waals surface area (Å²) in [6.45, 7) is 3.93. The Kier molecular flexibility index (Phi) is 8.73. The Balaban J connectivity index is 0.00000132. The van der Waals surface area contributed by atoms with Gasteiger partial charge in [-0.05, 0) is 54.9 Å². The first kappa shape index (κ1) is 24.0.